The number of H-pyrrole nitrogens is 1. The van der Waals surface area contributed by atoms with Crippen molar-refractivity contribution in [1.29, 1.82) is 0 Å². The highest BCUT2D eigenvalue weighted by molar-refractivity contribution is 5.49. The molecule has 0 atom stereocenters. The number of pyridine rings is 1. The van der Waals surface area contributed by atoms with Crippen LogP contribution in [0.3, 0.4) is 0 Å². The number of tetrazole rings is 1. The van der Waals surface area contributed by atoms with Gasteiger partial charge in [0.15, 0.2) is 0 Å². The number of alkyl halides is 6. The molecule has 39 heavy (non-hydrogen) atoms. The van der Waals surface area contributed by atoms with Crippen LogP contribution in [-0.4, -0.2) is 38.7 Å². The molecule has 2 aromatic heterocycles. The first-order valence-corrected chi connectivity index (χ1v) is 12.6. The summed E-state index contributed by atoms with van der Waals surface area (Å²) in [4.78, 5) is 7.52. The van der Waals surface area contributed by atoms with Gasteiger partial charge in [0.1, 0.15) is 5.82 Å². The lowest BCUT2D eigenvalue weighted by Gasteiger charge is -2.28. The Labute approximate surface area is 220 Å². The van der Waals surface area contributed by atoms with Crippen LogP contribution in [0.4, 0.5) is 42.5 Å². The standard InChI is InChI=1S/C25H28F7N7/c1-2-3-4-9-38(13-16-5-6-16)22-18(7-8-21(26)33-22)15-39(23-34-36-37-35-23)14-17-10-19(24(27,28)29)12-20(11-17)25(30,31)32/h7-8,10-12,16H,2-6,9,13-15H2,1H3,(H,34,35,36,37). The summed E-state index contributed by atoms with van der Waals surface area (Å²) in [6.45, 7) is 2.92. The third kappa shape index (κ3) is 7.79. The number of nitrogens with one attached hydrogen (secondary N) is 1. The van der Waals surface area contributed by atoms with E-state index in [4.69, 9.17) is 0 Å². The second kappa shape index (κ2) is 11.7. The van der Waals surface area contributed by atoms with Gasteiger partial charge in [0.05, 0.1) is 11.1 Å². The van der Waals surface area contributed by atoms with Gasteiger partial charge in [-0.3, -0.25) is 0 Å². The SMILES string of the molecule is CCCCCN(CC1CC1)c1nc(F)ccc1CN(Cc1cc(C(F)(F)F)cc(C(F)(F)F)c1)c1nn[nH]n1. The minimum Gasteiger partial charge on any atom is -0.356 e. The van der Waals surface area contributed by atoms with Crippen molar-refractivity contribution in [3.05, 3.63) is 58.5 Å². The minimum atomic E-state index is -4.98. The largest absolute Gasteiger partial charge is 0.416 e. The molecule has 2 heterocycles. The Balaban J connectivity index is 1.69. The maximum absolute atomic E-state index is 14.3. The fourth-order valence-electron chi connectivity index (χ4n) is 4.32. The van der Waals surface area contributed by atoms with Gasteiger partial charge < -0.3 is 9.80 Å². The summed E-state index contributed by atoms with van der Waals surface area (Å²) in [5.74, 6) is 0.107. The Morgan fingerprint density at radius 2 is 1.62 bits per heavy atom. The fraction of sp³-hybridized carbons (Fsp3) is 0.520. The van der Waals surface area contributed by atoms with Crippen LogP contribution >= 0.6 is 0 Å². The molecule has 0 saturated heterocycles. The molecule has 3 aromatic rings. The molecule has 1 N–H and O–H groups in total. The summed E-state index contributed by atoms with van der Waals surface area (Å²) < 4.78 is 95.0. The van der Waals surface area contributed by atoms with Crippen LogP contribution < -0.4 is 9.80 Å². The summed E-state index contributed by atoms with van der Waals surface area (Å²) in [5.41, 5.74) is -2.56. The third-order valence-corrected chi connectivity index (χ3v) is 6.43. The van der Waals surface area contributed by atoms with Crippen molar-refractivity contribution in [2.75, 3.05) is 22.9 Å². The number of aromatic nitrogens is 5. The lowest BCUT2D eigenvalue weighted by atomic mass is 10.0. The van der Waals surface area contributed by atoms with Crippen LogP contribution in [0.1, 0.15) is 61.3 Å². The Kier molecular flexibility index (Phi) is 8.60. The monoisotopic (exact) mass is 559 g/mol. The second-order valence-corrected chi connectivity index (χ2v) is 9.70. The molecule has 1 fully saturated rings. The number of benzene rings is 1. The number of hydrogen-bond donors (Lipinski definition) is 1. The van der Waals surface area contributed by atoms with Crippen LogP contribution in [0.2, 0.25) is 0 Å². The van der Waals surface area contributed by atoms with Crippen LogP contribution in [0.5, 0.6) is 0 Å². The molecule has 7 nitrogen and oxygen atoms in total. The Hall–Kier alpha value is -3.45. The molecule has 0 aliphatic heterocycles. The van der Waals surface area contributed by atoms with Gasteiger partial charge in [-0.05, 0) is 66.3 Å². The number of halogens is 7. The van der Waals surface area contributed by atoms with Gasteiger partial charge >= 0.3 is 12.4 Å². The number of aromatic amines is 1. The van der Waals surface area contributed by atoms with Crippen molar-refractivity contribution in [1.82, 2.24) is 25.6 Å². The second-order valence-electron chi connectivity index (χ2n) is 9.70. The zero-order chi connectivity index (χ0) is 28.2. The van der Waals surface area contributed by atoms with E-state index in [1.54, 1.807) is 0 Å². The first-order chi connectivity index (χ1) is 18.4. The Morgan fingerprint density at radius 3 is 2.18 bits per heavy atom. The van der Waals surface area contributed by atoms with Gasteiger partial charge in [0.2, 0.25) is 5.95 Å². The molecule has 14 heteroatoms. The van der Waals surface area contributed by atoms with E-state index >= 15 is 0 Å². The quantitative estimate of drug-likeness (QED) is 0.158. The van der Waals surface area contributed by atoms with E-state index in [2.05, 4.69) is 32.5 Å². The zero-order valence-corrected chi connectivity index (χ0v) is 21.2. The molecule has 0 bridgehead atoms. The van der Waals surface area contributed by atoms with Gasteiger partial charge in [-0.15, -0.1) is 5.10 Å². The average Bonchev–Trinajstić information content (AvgIpc) is 3.51. The van der Waals surface area contributed by atoms with E-state index in [1.807, 2.05) is 4.90 Å². The van der Waals surface area contributed by atoms with Crippen molar-refractivity contribution < 1.29 is 30.7 Å². The summed E-state index contributed by atoms with van der Waals surface area (Å²) in [6, 6.07) is 4.08. The maximum Gasteiger partial charge on any atom is 0.416 e. The molecule has 212 valence electrons. The molecule has 0 amide bonds. The smallest absolute Gasteiger partial charge is 0.356 e. The molecule has 0 spiro atoms. The maximum atomic E-state index is 14.3. The summed E-state index contributed by atoms with van der Waals surface area (Å²) in [7, 11) is 0. The zero-order valence-electron chi connectivity index (χ0n) is 21.2. The highest BCUT2D eigenvalue weighted by atomic mass is 19.4. The van der Waals surface area contributed by atoms with E-state index in [-0.39, 0.29) is 24.1 Å². The molecule has 0 unspecified atom stereocenters. The minimum absolute atomic E-state index is 0.0454. The summed E-state index contributed by atoms with van der Waals surface area (Å²) >= 11 is 0. The van der Waals surface area contributed by atoms with Gasteiger partial charge in [-0.25, -0.2) is 4.98 Å². The highest BCUT2D eigenvalue weighted by Gasteiger charge is 2.37. The Morgan fingerprint density at radius 1 is 0.923 bits per heavy atom. The van der Waals surface area contributed by atoms with Crippen LogP contribution in [0.25, 0.3) is 0 Å². The van der Waals surface area contributed by atoms with E-state index < -0.39 is 36.0 Å². The molecule has 1 aliphatic carbocycles. The molecular weight excluding hydrogens is 531 g/mol. The summed E-state index contributed by atoms with van der Waals surface area (Å²) in [5, 5.41) is 13.5. The number of hydrogen-bond acceptors (Lipinski definition) is 6. The molecule has 4 rings (SSSR count). The number of nitrogens with zero attached hydrogens (tertiary/aromatic N) is 6. The van der Waals surface area contributed by atoms with Gasteiger partial charge in [0, 0.05) is 31.7 Å². The van der Waals surface area contributed by atoms with E-state index in [9.17, 15) is 30.7 Å². The van der Waals surface area contributed by atoms with Gasteiger partial charge in [-0.1, -0.05) is 24.9 Å². The van der Waals surface area contributed by atoms with Crippen molar-refractivity contribution in [2.24, 2.45) is 5.92 Å². The van der Waals surface area contributed by atoms with Gasteiger partial charge in [-0.2, -0.15) is 35.9 Å². The predicted octanol–water partition coefficient (Wildman–Crippen LogP) is 6.38. The van der Waals surface area contributed by atoms with E-state index in [0.29, 0.717) is 42.5 Å². The normalized spacial score (nSPS) is 14.1. The first-order valence-electron chi connectivity index (χ1n) is 12.6. The number of unbranched alkanes of at least 4 members (excludes halogenated alkanes) is 2. The highest BCUT2D eigenvalue weighted by Crippen LogP contribution is 2.37. The number of anilines is 2. The third-order valence-electron chi connectivity index (χ3n) is 6.43. The lowest BCUT2D eigenvalue weighted by Crippen LogP contribution is -2.31. The molecule has 1 saturated carbocycles. The summed E-state index contributed by atoms with van der Waals surface area (Å²) in [6.07, 6.45) is -5.03. The predicted molar refractivity (Wildman–Crippen MR) is 129 cm³/mol. The van der Waals surface area contributed by atoms with Crippen molar-refractivity contribution in [3.8, 4) is 0 Å². The molecular formula is C25H28F7N7. The Bertz CT molecular complexity index is 1190. The fourth-order valence-corrected chi connectivity index (χ4v) is 4.32. The molecule has 1 aliphatic rings. The van der Waals surface area contributed by atoms with Gasteiger partial charge in [0.25, 0.3) is 5.95 Å². The van der Waals surface area contributed by atoms with Crippen LogP contribution in [0.15, 0.2) is 30.3 Å². The topological polar surface area (TPSA) is 73.8 Å². The van der Waals surface area contributed by atoms with E-state index in [0.717, 1.165) is 32.1 Å². The van der Waals surface area contributed by atoms with Crippen molar-refractivity contribution in [3.63, 3.8) is 0 Å². The van der Waals surface area contributed by atoms with Crippen LogP contribution in [0, 0.1) is 11.9 Å². The van der Waals surface area contributed by atoms with Crippen molar-refractivity contribution in [2.45, 2.75) is 64.5 Å². The van der Waals surface area contributed by atoms with Crippen LogP contribution in [-0.2, 0) is 25.4 Å². The lowest BCUT2D eigenvalue weighted by molar-refractivity contribution is -0.143. The molecule has 0 radical (unpaired) electrons. The van der Waals surface area contributed by atoms with E-state index in [1.165, 1.54) is 17.0 Å². The average molecular weight is 560 g/mol. The first kappa shape index (κ1) is 28.6. The van der Waals surface area contributed by atoms with Crippen molar-refractivity contribution >= 4 is 11.8 Å². The number of rotatable bonds is 12. The molecule has 1 aromatic carbocycles.